The van der Waals surface area contributed by atoms with E-state index < -0.39 is 141 Å². The molecule has 370 valence electrons. The van der Waals surface area contributed by atoms with Gasteiger partial charge in [0, 0.05) is 37.1 Å². The molecule has 0 radical (unpaired) electrons. The molecule has 3 aliphatic rings. The van der Waals surface area contributed by atoms with Gasteiger partial charge in [-0.1, -0.05) is 86.8 Å². The third-order valence-electron chi connectivity index (χ3n) is 12.2. The number of allylic oxidation sites excluding steroid dienone is 10. The van der Waals surface area contributed by atoms with Gasteiger partial charge in [-0.15, -0.1) is 0 Å². The van der Waals surface area contributed by atoms with Crippen LogP contribution in [0.1, 0.15) is 91.9 Å². The summed E-state index contributed by atoms with van der Waals surface area (Å²) in [5.41, 5.74) is 6.01. The van der Waals surface area contributed by atoms with Gasteiger partial charge in [-0.25, -0.2) is 0 Å². The predicted octanol–water partition coefficient (Wildman–Crippen LogP) is -3.39. The SMILES string of the molecule is CC1C=CC=CCCC=CC=CC=CC=CC(O[C@@H]2O[C@H](C)[C@@H](O)[C@H](N)[C@@H]2O)CC2OC(O)(CC(O)C(O)CCC(O)CC(O)CC(O)CC(=O)OC(C)C(C)C1O)CC(O)C2C(=O)[O-].[Na+]. The molecule has 0 saturated carbocycles. The van der Waals surface area contributed by atoms with Crippen LogP contribution in [0.4, 0.5) is 0 Å². The normalized spacial score (nSPS) is 41.7. The molecule has 12 N–H and O–H groups in total. The van der Waals surface area contributed by atoms with Crippen molar-refractivity contribution in [2.24, 2.45) is 23.5 Å². The van der Waals surface area contributed by atoms with E-state index in [2.05, 4.69) is 0 Å². The van der Waals surface area contributed by atoms with Crippen molar-refractivity contribution in [3.8, 4) is 0 Å². The maximum Gasteiger partial charge on any atom is 1.00 e. The van der Waals surface area contributed by atoms with Gasteiger partial charge in [-0.05, 0) is 52.4 Å². The van der Waals surface area contributed by atoms with E-state index in [1.807, 2.05) is 49.5 Å². The predicted molar refractivity (Wildman–Crippen MR) is 234 cm³/mol. The minimum Gasteiger partial charge on any atom is -0.550 e. The van der Waals surface area contributed by atoms with Crippen molar-refractivity contribution in [2.75, 3.05) is 0 Å². The second-order valence-corrected chi connectivity index (χ2v) is 17.8. The van der Waals surface area contributed by atoms with Gasteiger partial charge in [0.15, 0.2) is 12.1 Å². The topological polar surface area (TPSA) is 322 Å². The van der Waals surface area contributed by atoms with E-state index in [0.717, 1.165) is 12.8 Å². The number of cyclic esters (lactones) is 1. The van der Waals surface area contributed by atoms with Crippen molar-refractivity contribution in [1.29, 1.82) is 0 Å². The van der Waals surface area contributed by atoms with E-state index in [1.165, 1.54) is 13.0 Å². The summed E-state index contributed by atoms with van der Waals surface area (Å²) in [5, 5.41) is 120. The van der Waals surface area contributed by atoms with Crippen molar-refractivity contribution in [3.63, 3.8) is 0 Å². The number of hydrogen-bond donors (Lipinski definition) is 11. The molecule has 66 heavy (non-hydrogen) atoms. The third-order valence-corrected chi connectivity index (χ3v) is 12.2. The molecule has 3 heterocycles. The molecule has 19 atom stereocenters. The average Bonchev–Trinajstić information content (AvgIpc) is 3.21. The van der Waals surface area contributed by atoms with Gasteiger partial charge in [0.2, 0.25) is 0 Å². The summed E-state index contributed by atoms with van der Waals surface area (Å²) in [6.07, 6.45) is 1.80. The molecule has 2 saturated heterocycles. The van der Waals surface area contributed by atoms with Crippen LogP contribution >= 0.6 is 0 Å². The number of rotatable bonds is 3. The van der Waals surface area contributed by atoms with Crippen LogP contribution in [0.2, 0.25) is 0 Å². The van der Waals surface area contributed by atoms with Gasteiger partial charge < -0.3 is 85.6 Å². The molecule has 0 spiro atoms. The fourth-order valence-corrected chi connectivity index (χ4v) is 8.10. The Morgan fingerprint density at radius 1 is 0.712 bits per heavy atom. The van der Waals surface area contributed by atoms with Gasteiger partial charge in [-0.2, -0.15) is 0 Å². The van der Waals surface area contributed by atoms with E-state index >= 15 is 0 Å². The summed E-state index contributed by atoms with van der Waals surface area (Å²) in [7, 11) is 0. The number of esters is 1. The van der Waals surface area contributed by atoms with Crippen molar-refractivity contribution < 1.29 is 114 Å². The molecule has 18 nitrogen and oxygen atoms in total. The van der Waals surface area contributed by atoms with Crippen molar-refractivity contribution >= 4 is 11.9 Å². The van der Waals surface area contributed by atoms with Crippen LogP contribution in [0.15, 0.2) is 72.9 Å². The molecule has 0 aromatic carbocycles. The maximum absolute atomic E-state index is 12.6. The summed E-state index contributed by atoms with van der Waals surface area (Å²) in [5.74, 6) is -7.22. The molecule has 19 heteroatoms. The summed E-state index contributed by atoms with van der Waals surface area (Å²) in [4.78, 5) is 25.0. The van der Waals surface area contributed by atoms with Gasteiger partial charge in [0.1, 0.15) is 12.2 Å². The van der Waals surface area contributed by atoms with Gasteiger partial charge in [0.05, 0.1) is 85.5 Å². The van der Waals surface area contributed by atoms with E-state index in [4.69, 9.17) is 24.7 Å². The Morgan fingerprint density at radius 3 is 1.94 bits per heavy atom. The average molecular weight is 948 g/mol. The first-order valence-corrected chi connectivity index (χ1v) is 22.6. The number of nitrogens with two attached hydrogens (primary N) is 1. The number of ether oxygens (including phenoxy) is 4. The molecule has 3 rings (SSSR count). The Balaban J connectivity index is 0.0000150. The van der Waals surface area contributed by atoms with E-state index in [0.29, 0.717) is 0 Å². The van der Waals surface area contributed by atoms with Gasteiger partial charge in [-0.3, -0.25) is 4.79 Å². The number of carboxylic acids is 1. The zero-order valence-electron chi connectivity index (χ0n) is 38.8. The van der Waals surface area contributed by atoms with Crippen LogP contribution < -0.4 is 40.4 Å². The van der Waals surface area contributed by atoms with Crippen LogP contribution in [0.3, 0.4) is 0 Å². The maximum atomic E-state index is 12.6. The molecule has 0 aromatic heterocycles. The Bertz CT molecular complexity index is 1630. The number of carbonyl (C=O) groups excluding carboxylic acids is 2. The zero-order valence-corrected chi connectivity index (χ0v) is 40.8. The summed E-state index contributed by atoms with van der Waals surface area (Å²) in [6, 6.07) is -1.15. The van der Waals surface area contributed by atoms with Crippen LogP contribution in [-0.2, 0) is 28.5 Å². The minimum atomic E-state index is -2.38. The van der Waals surface area contributed by atoms with Gasteiger partial charge >= 0.3 is 35.5 Å². The Kier molecular flexibility index (Phi) is 27.0. The Morgan fingerprint density at radius 2 is 1.29 bits per heavy atom. The number of carboxylic acid groups (broad SMARTS) is 1. The molecule has 0 amide bonds. The molecule has 2 bridgehead atoms. The molecule has 0 aliphatic carbocycles. The van der Waals surface area contributed by atoms with Crippen molar-refractivity contribution in [2.45, 2.75) is 189 Å². The molecular formula is C47H74NNaO17. The second-order valence-electron chi connectivity index (χ2n) is 17.8. The summed E-state index contributed by atoms with van der Waals surface area (Å²) >= 11 is 0. The van der Waals surface area contributed by atoms with Crippen LogP contribution in [0.25, 0.3) is 0 Å². The first-order chi connectivity index (χ1) is 30.6. The fraction of sp³-hybridized carbons (Fsp3) is 0.702. The molecular weight excluding hydrogens is 873 g/mol. The number of aliphatic hydroxyl groups excluding tert-OH is 9. The van der Waals surface area contributed by atoms with Crippen molar-refractivity contribution in [3.05, 3.63) is 72.9 Å². The van der Waals surface area contributed by atoms with E-state index in [9.17, 15) is 65.8 Å². The molecule has 14 unspecified atom stereocenters. The van der Waals surface area contributed by atoms with E-state index in [-0.39, 0.29) is 67.6 Å². The number of aliphatic hydroxyl groups is 10. The summed E-state index contributed by atoms with van der Waals surface area (Å²) < 4.78 is 23.1. The van der Waals surface area contributed by atoms with Crippen LogP contribution in [0.5, 0.6) is 0 Å². The Hall–Kier alpha value is -2.18. The van der Waals surface area contributed by atoms with E-state index in [1.54, 1.807) is 38.2 Å². The number of hydrogen-bond acceptors (Lipinski definition) is 18. The van der Waals surface area contributed by atoms with Gasteiger partial charge in [0.25, 0.3) is 0 Å². The second kappa shape index (κ2) is 29.8. The van der Waals surface area contributed by atoms with Crippen molar-refractivity contribution in [1.82, 2.24) is 0 Å². The largest absolute Gasteiger partial charge is 1.00 e. The first kappa shape index (κ1) is 59.9. The fourth-order valence-electron chi connectivity index (χ4n) is 8.10. The standard InChI is InChI=1S/C47H75NO17.Na/c1-27-17-15-13-11-9-7-5-6-8-10-12-14-16-18-34(64-46-44(58)41(48)43(57)30(4)63-46)24-38-40(45(59)60)37(54)26-47(61,65-38)25-36(53)35(52)20-19-31(49)21-32(50)22-33(51)23-39(55)62-29(3)28(2)42(27)56;/h5-6,8,10-18,27-38,40-44,46,49-54,56-58,61H,7,9,19-26,48H2,1-4H3,(H,59,60);/q;+1/p-1/t27?,28?,29?,30-,31?,32?,33?,34?,35?,36?,37?,38?,40?,41+,42?,43-,44+,46+,47?;/m1./s1. The molecule has 3 aliphatic heterocycles. The number of aliphatic carboxylic acids is 1. The quantitative estimate of drug-likeness (QED) is 0.0971. The van der Waals surface area contributed by atoms with Crippen LogP contribution in [-0.4, -0.2) is 160 Å². The number of fused-ring (bicyclic) bond motifs is 2. The summed E-state index contributed by atoms with van der Waals surface area (Å²) in [6.45, 7) is 6.77. The third kappa shape index (κ3) is 20.0. The monoisotopic (exact) mass is 947 g/mol. The Labute approximate surface area is 410 Å². The molecule has 0 aromatic rings. The molecule has 2 fully saturated rings. The smallest absolute Gasteiger partial charge is 0.550 e. The minimum absolute atomic E-state index is 0. The first-order valence-electron chi connectivity index (χ1n) is 22.6. The van der Waals surface area contributed by atoms with Crippen LogP contribution in [0, 0.1) is 17.8 Å². The number of carbonyl (C=O) groups is 2. The zero-order chi connectivity index (χ0) is 48.4.